The van der Waals surface area contributed by atoms with E-state index in [1.165, 1.54) is 142 Å². The summed E-state index contributed by atoms with van der Waals surface area (Å²) in [5.74, 6) is 0.855. The van der Waals surface area contributed by atoms with Crippen LogP contribution in [0.5, 0.6) is 0 Å². The van der Waals surface area contributed by atoms with Crippen molar-refractivity contribution in [1.29, 1.82) is 0 Å². The minimum Gasteiger partial charge on any atom is -0.309 e. The quantitative estimate of drug-likeness (QED) is 0.168. The van der Waals surface area contributed by atoms with E-state index in [9.17, 15) is 0 Å². The van der Waals surface area contributed by atoms with E-state index in [1.54, 1.807) is 0 Å². The third kappa shape index (κ3) is 4.15. The second kappa shape index (κ2) is 12.0. The summed E-state index contributed by atoms with van der Waals surface area (Å²) in [4.78, 5) is 0. The van der Waals surface area contributed by atoms with Gasteiger partial charge in [-0.15, -0.1) is 0 Å². The molecule has 0 aliphatic carbocycles. The molecule has 4 heteroatoms. The molecule has 0 fully saturated rings. The van der Waals surface area contributed by atoms with E-state index in [0.29, 0.717) is 11.8 Å². The molecule has 0 aliphatic heterocycles. The molecule has 6 aromatic heterocycles. The molecule has 0 bridgehead atoms. The number of hydrogen-bond donors (Lipinski definition) is 0. The van der Waals surface area contributed by atoms with Crippen molar-refractivity contribution >= 4 is 120 Å². The summed E-state index contributed by atoms with van der Waals surface area (Å²) in [6, 6.07) is 64.6. The number of fused-ring (bicyclic) bond motifs is 20. The van der Waals surface area contributed by atoms with Gasteiger partial charge in [0.25, 0.3) is 0 Å². The minimum atomic E-state index is 0.428. The first-order valence-electron chi connectivity index (χ1n) is 22.8. The van der Waals surface area contributed by atoms with Crippen LogP contribution in [0.1, 0.15) is 50.7 Å². The van der Waals surface area contributed by atoms with Crippen molar-refractivity contribution in [2.24, 2.45) is 0 Å². The zero-order chi connectivity index (χ0) is 42.3. The first-order valence-corrected chi connectivity index (χ1v) is 22.8. The van der Waals surface area contributed by atoms with Gasteiger partial charge in [0.2, 0.25) is 0 Å². The Balaban J connectivity index is 1.19. The molecule has 9 aromatic carbocycles. The fraction of sp³-hybridized carbons (Fsp3) is 0.100. The van der Waals surface area contributed by atoms with Crippen molar-refractivity contribution < 1.29 is 0 Å². The number of hydrogen-bond acceptors (Lipinski definition) is 0. The molecule has 0 N–H and O–H groups in total. The summed E-state index contributed by atoms with van der Waals surface area (Å²) >= 11 is 0. The van der Waals surface area contributed by atoms with Crippen LogP contribution in [0, 0.1) is 0 Å². The van der Waals surface area contributed by atoms with Crippen LogP contribution < -0.4 is 0 Å². The third-order valence-corrected chi connectivity index (χ3v) is 14.9. The Kier molecular flexibility index (Phi) is 6.51. The molecule has 0 atom stereocenters. The van der Waals surface area contributed by atoms with Gasteiger partial charge in [0.15, 0.2) is 0 Å². The molecule has 0 unspecified atom stereocenters. The van der Waals surface area contributed by atoms with Crippen LogP contribution in [-0.4, -0.2) is 17.9 Å². The van der Waals surface area contributed by atoms with Crippen LogP contribution in [-0.2, 0) is 0 Å². The van der Waals surface area contributed by atoms with Crippen LogP contribution in [0.2, 0.25) is 0 Å². The minimum absolute atomic E-state index is 0.428. The van der Waals surface area contributed by atoms with Crippen LogP contribution in [0.3, 0.4) is 0 Å². The van der Waals surface area contributed by atoms with Crippen molar-refractivity contribution in [2.45, 2.75) is 39.5 Å². The maximum Gasteiger partial charge on any atom is 0.0628 e. The average molecular weight is 819 g/mol. The maximum absolute atomic E-state index is 2.58. The van der Waals surface area contributed by atoms with E-state index in [4.69, 9.17) is 0 Å². The first-order chi connectivity index (χ1) is 31.4. The molecule has 15 rings (SSSR count). The molecule has 0 aliphatic rings. The van der Waals surface area contributed by atoms with E-state index in [2.05, 4.69) is 215 Å². The Morgan fingerprint density at radius 2 is 0.688 bits per heavy atom. The molecule has 4 nitrogen and oxygen atoms in total. The van der Waals surface area contributed by atoms with Gasteiger partial charge in [0.05, 0.1) is 55.2 Å². The van der Waals surface area contributed by atoms with Crippen LogP contribution in [0.25, 0.3) is 131 Å². The highest BCUT2D eigenvalue weighted by atomic mass is 15.0. The third-order valence-electron chi connectivity index (χ3n) is 14.9. The topological polar surface area (TPSA) is 18.7 Å². The lowest BCUT2D eigenvalue weighted by Crippen LogP contribution is -1.96. The number of rotatable bonds is 4. The fourth-order valence-corrected chi connectivity index (χ4v) is 12.1. The van der Waals surface area contributed by atoms with Gasteiger partial charge in [-0.05, 0) is 95.8 Å². The summed E-state index contributed by atoms with van der Waals surface area (Å²) in [5, 5.41) is 15.6. The van der Waals surface area contributed by atoms with Crippen molar-refractivity contribution in [1.82, 2.24) is 17.9 Å². The molecule has 15 aromatic rings. The van der Waals surface area contributed by atoms with Crippen LogP contribution >= 0.6 is 0 Å². The SMILES string of the molecule is CC(C)c1cccc(-n2c3ccccc3c3c4c5cc6c7c8c9ccccc9n(-c9cccc(C(C)C)c9)c8cc8c9ccccc9n(c6cc5n5c6ccccc6c(cc32)c45)c87)c1. The molecule has 64 heavy (non-hydrogen) atoms. The Morgan fingerprint density at radius 3 is 1.12 bits per heavy atom. The monoisotopic (exact) mass is 818 g/mol. The van der Waals surface area contributed by atoms with Gasteiger partial charge in [0.1, 0.15) is 0 Å². The van der Waals surface area contributed by atoms with Crippen LogP contribution in [0.15, 0.2) is 170 Å². The zero-order valence-corrected chi connectivity index (χ0v) is 36.1. The van der Waals surface area contributed by atoms with Crippen LogP contribution in [0.4, 0.5) is 0 Å². The summed E-state index contributed by atoms with van der Waals surface area (Å²) in [7, 11) is 0. The second-order valence-electron chi connectivity index (χ2n) is 18.9. The molecule has 0 radical (unpaired) electrons. The number of nitrogens with zero attached hydrogens (tertiary/aromatic N) is 4. The number of para-hydroxylation sites is 4. The van der Waals surface area contributed by atoms with Crippen molar-refractivity contribution in [3.8, 4) is 11.4 Å². The van der Waals surface area contributed by atoms with Gasteiger partial charge >= 0.3 is 0 Å². The molecule has 302 valence electrons. The molecule has 0 saturated heterocycles. The molecule has 6 heterocycles. The van der Waals surface area contributed by atoms with Gasteiger partial charge < -0.3 is 17.9 Å². The predicted octanol–water partition coefficient (Wildman–Crippen LogP) is 16.4. The van der Waals surface area contributed by atoms with E-state index < -0.39 is 0 Å². The lowest BCUT2D eigenvalue weighted by atomic mass is 9.99. The second-order valence-corrected chi connectivity index (χ2v) is 18.9. The Morgan fingerprint density at radius 1 is 0.281 bits per heavy atom. The van der Waals surface area contributed by atoms with Crippen molar-refractivity contribution in [2.75, 3.05) is 0 Å². The van der Waals surface area contributed by atoms with Crippen molar-refractivity contribution in [3.63, 3.8) is 0 Å². The molecular weight excluding hydrogens is 777 g/mol. The van der Waals surface area contributed by atoms with Crippen molar-refractivity contribution in [3.05, 3.63) is 181 Å². The highest BCUT2D eigenvalue weighted by Crippen LogP contribution is 2.51. The van der Waals surface area contributed by atoms with Gasteiger partial charge in [-0.3, -0.25) is 0 Å². The summed E-state index contributed by atoms with van der Waals surface area (Å²) in [5.41, 5.74) is 17.6. The van der Waals surface area contributed by atoms with Gasteiger partial charge in [-0.25, -0.2) is 0 Å². The molecule has 0 amide bonds. The summed E-state index contributed by atoms with van der Waals surface area (Å²) in [6.07, 6.45) is 0. The lowest BCUT2D eigenvalue weighted by Gasteiger charge is -2.12. The largest absolute Gasteiger partial charge is 0.309 e. The number of aromatic nitrogens is 4. The normalized spacial score (nSPS) is 13.0. The Bertz CT molecular complexity index is 4200. The van der Waals surface area contributed by atoms with E-state index in [0.717, 1.165) is 0 Å². The fourth-order valence-electron chi connectivity index (χ4n) is 12.1. The molecule has 0 spiro atoms. The van der Waals surface area contributed by atoms with E-state index in [1.807, 2.05) is 0 Å². The van der Waals surface area contributed by atoms with E-state index in [-0.39, 0.29) is 0 Å². The van der Waals surface area contributed by atoms with Gasteiger partial charge in [-0.2, -0.15) is 0 Å². The Labute approximate surface area is 368 Å². The molecular formula is C60H42N4. The predicted molar refractivity (Wildman–Crippen MR) is 273 cm³/mol. The maximum atomic E-state index is 2.58. The zero-order valence-electron chi connectivity index (χ0n) is 36.1. The standard InChI is InChI=1S/C60H42N4/c1-33(2)35-15-13-17-37(27-35)61-49-25-11-7-21-41(49)55-53(61)30-43-39-19-5-9-23-47(39)63-51-32-52-46(29-45(51)57(55)59(43)63)58-56-42-22-8-12-26-50(42)62(38-18-14-16-36(28-38)34(3)4)54(56)31-44-40-20-6-10-24-48(40)64(52)60(44)58/h5-34H,1-4H3. The molecule has 0 saturated carbocycles. The Hall–Kier alpha value is -7.82. The average Bonchev–Trinajstić information content (AvgIpc) is 4.16. The highest BCUT2D eigenvalue weighted by molar-refractivity contribution is 6.40. The summed E-state index contributed by atoms with van der Waals surface area (Å²) in [6.45, 7) is 9.15. The summed E-state index contributed by atoms with van der Waals surface area (Å²) < 4.78 is 10.2. The smallest absolute Gasteiger partial charge is 0.0628 e. The van der Waals surface area contributed by atoms with Gasteiger partial charge in [0, 0.05) is 76.0 Å². The number of benzene rings is 9. The first kappa shape index (κ1) is 34.7. The van der Waals surface area contributed by atoms with E-state index >= 15 is 0 Å². The lowest BCUT2D eigenvalue weighted by molar-refractivity contribution is 0.864. The highest BCUT2D eigenvalue weighted by Gasteiger charge is 2.28. The van der Waals surface area contributed by atoms with Gasteiger partial charge in [-0.1, -0.05) is 125 Å².